The molecule has 116 valence electrons. The zero-order chi connectivity index (χ0) is 16.0. The summed E-state index contributed by atoms with van der Waals surface area (Å²) in [6.45, 7) is 5.69. The van der Waals surface area contributed by atoms with Gasteiger partial charge in [0.05, 0.1) is 0 Å². The Morgan fingerprint density at radius 1 is 1.29 bits per heavy atom. The summed E-state index contributed by atoms with van der Waals surface area (Å²) >= 11 is 0. The lowest BCUT2D eigenvalue weighted by Gasteiger charge is -2.18. The highest BCUT2D eigenvalue weighted by molar-refractivity contribution is 5.86. The highest BCUT2D eigenvalue weighted by Gasteiger charge is 2.24. The first-order valence-electron chi connectivity index (χ1n) is 7.06. The second-order valence-corrected chi connectivity index (χ2v) is 5.74. The van der Waals surface area contributed by atoms with Crippen LogP contribution in [0.3, 0.4) is 0 Å². The molecule has 5 nitrogen and oxygen atoms in total. The molecule has 2 atom stereocenters. The smallest absolute Gasteiger partial charge is 0.326 e. The minimum Gasteiger partial charge on any atom is -0.480 e. The summed E-state index contributed by atoms with van der Waals surface area (Å²) in [6, 6.07) is 6.43. The predicted octanol–water partition coefficient (Wildman–Crippen LogP) is 1.51. The van der Waals surface area contributed by atoms with Gasteiger partial charge in [0, 0.05) is 6.42 Å². The molecule has 0 aromatic heterocycles. The standard InChI is InChI=1S/C16H23NO4/c1-10(2)7-14(18)15(19)17-13(16(20)21)9-12-6-4-5-11(3)8-12/h4-6,8,10,13-14,18H,7,9H2,1-3H3,(H,17,19)(H,20,21)/t13-,14-/m0/s1. The van der Waals surface area contributed by atoms with Crippen molar-refractivity contribution in [3.05, 3.63) is 35.4 Å². The van der Waals surface area contributed by atoms with E-state index in [4.69, 9.17) is 0 Å². The number of aliphatic hydroxyl groups is 1. The average Bonchev–Trinajstić information content (AvgIpc) is 2.36. The zero-order valence-corrected chi connectivity index (χ0v) is 12.7. The first-order chi connectivity index (χ1) is 9.79. The summed E-state index contributed by atoms with van der Waals surface area (Å²) in [4.78, 5) is 23.1. The van der Waals surface area contributed by atoms with Gasteiger partial charge in [-0.15, -0.1) is 0 Å². The van der Waals surface area contributed by atoms with E-state index in [0.717, 1.165) is 11.1 Å². The number of nitrogens with one attached hydrogen (secondary N) is 1. The van der Waals surface area contributed by atoms with Crippen molar-refractivity contribution in [3.63, 3.8) is 0 Å². The normalized spacial score (nSPS) is 13.8. The Labute approximate surface area is 125 Å². The maximum absolute atomic E-state index is 11.8. The Morgan fingerprint density at radius 3 is 2.48 bits per heavy atom. The zero-order valence-electron chi connectivity index (χ0n) is 12.7. The van der Waals surface area contributed by atoms with Gasteiger partial charge in [0.15, 0.2) is 0 Å². The third kappa shape index (κ3) is 5.95. The van der Waals surface area contributed by atoms with Gasteiger partial charge in [-0.25, -0.2) is 4.79 Å². The highest BCUT2D eigenvalue weighted by Crippen LogP contribution is 2.09. The van der Waals surface area contributed by atoms with E-state index < -0.39 is 24.0 Å². The average molecular weight is 293 g/mol. The van der Waals surface area contributed by atoms with E-state index in [1.165, 1.54) is 0 Å². The van der Waals surface area contributed by atoms with Crippen LogP contribution < -0.4 is 5.32 Å². The summed E-state index contributed by atoms with van der Waals surface area (Å²) in [6.07, 6.45) is -0.677. The monoisotopic (exact) mass is 293 g/mol. The number of carbonyl (C=O) groups excluding carboxylic acids is 1. The van der Waals surface area contributed by atoms with Crippen molar-refractivity contribution < 1.29 is 19.8 Å². The number of hydrogen-bond acceptors (Lipinski definition) is 3. The van der Waals surface area contributed by atoms with Crippen LogP contribution in [-0.2, 0) is 16.0 Å². The van der Waals surface area contributed by atoms with Crippen LogP contribution in [0, 0.1) is 12.8 Å². The minimum atomic E-state index is -1.18. The van der Waals surface area contributed by atoms with Gasteiger partial charge in [-0.1, -0.05) is 43.7 Å². The molecule has 0 aliphatic carbocycles. The van der Waals surface area contributed by atoms with E-state index in [1.54, 1.807) is 0 Å². The molecular weight excluding hydrogens is 270 g/mol. The molecule has 0 heterocycles. The maximum atomic E-state index is 11.8. The summed E-state index contributed by atoms with van der Waals surface area (Å²) in [5, 5.41) is 21.3. The molecule has 0 unspecified atom stereocenters. The molecular formula is C16H23NO4. The molecule has 3 N–H and O–H groups in total. The van der Waals surface area contributed by atoms with E-state index in [-0.39, 0.29) is 12.3 Å². The number of benzene rings is 1. The predicted molar refractivity (Wildman–Crippen MR) is 79.9 cm³/mol. The summed E-state index contributed by atoms with van der Waals surface area (Å²) < 4.78 is 0. The fraction of sp³-hybridized carbons (Fsp3) is 0.500. The van der Waals surface area contributed by atoms with Gasteiger partial charge < -0.3 is 15.5 Å². The van der Waals surface area contributed by atoms with Crippen LogP contribution in [0.25, 0.3) is 0 Å². The number of carboxylic acid groups (broad SMARTS) is 1. The van der Waals surface area contributed by atoms with Gasteiger partial charge in [0.2, 0.25) is 5.91 Å². The van der Waals surface area contributed by atoms with Crippen molar-refractivity contribution in [2.24, 2.45) is 5.92 Å². The Hall–Kier alpha value is -1.88. The molecule has 5 heteroatoms. The SMILES string of the molecule is Cc1cccc(C[C@H](NC(=O)[C@@H](O)CC(C)C)C(=O)O)c1. The minimum absolute atomic E-state index is 0.158. The fourth-order valence-corrected chi connectivity index (χ4v) is 2.10. The van der Waals surface area contributed by atoms with Gasteiger partial charge in [0.1, 0.15) is 12.1 Å². The summed E-state index contributed by atoms with van der Waals surface area (Å²) in [5.74, 6) is -1.59. The van der Waals surface area contributed by atoms with Crippen LogP contribution in [0.15, 0.2) is 24.3 Å². The second kappa shape index (κ2) is 7.78. The van der Waals surface area contributed by atoms with Crippen LogP contribution >= 0.6 is 0 Å². The number of carbonyl (C=O) groups is 2. The number of carboxylic acids is 1. The van der Waals surface area contributed by atoms with Crippen molar-refractivity contribution in [1.29, 1.82) is 0 Å². The molecule has 0 aliphatic rings. The number of aryl methyl sites for hydroxylation is 1. The van der Waals surface area contributed by atoms with E-state index in [2.05, 4.69) is 5.32 Å². The molecule has 21 heavy (non-hydrogen) atoms. The molecule has 1 rings (SSSR count). The van der Waals surface area contributed by atoms with Gasteiger partial charge >= 0.3 is 5.97 Å². The second-order valence-electron chi connectivity index (χ2n) is 5.74. The molecule has 0 radical (unpaired) electrons. The Balaban J connectivity index is 2.70. The molecule has 0 saturated carbocycles. The first-order valence-corrected chi connectivity index (χ1v) is 7.06. The van der Waals surface area contributed by atoms with Crippen LogP contribution in [0.4, 0.5) is 0 Å². The van der Waals surface area contributed by atoms with Crippen molar-refractivity contribution in [2.45, 2.75) is 45.8 Å². The quantitative estimate of drug-likeness (QED) is 0.711. The molecule has 0 spiro atoms. The Kier molecular flexibility index (Phi) is 6.37. The number of aliphatic hydroxyl groups excluding tert-OH is 1. The van der Waals surface area contributed by atoms with Crippen LogP contribution in [0.2, 0.25) is 0 Å². The molecule has 0 bridgehead atoms. The van der Waals surface area contributed by atoms with E-state index in [0.29, 0.717) is 6.42 Å². The lowest BCUT2D eigenvalue weighted by molar-refractivity contribution is -0.143. The largest absolute Gasteiger partial charge is 0.480 e. The summed E-state index contributed by atoms with van der Waals surface area (Å²) in [7, 11) is 0. The van der Waals surface area contributed by atoms with E-state index in [9.17, 15) is 19.8 Å². The number of hydrogen-bond donors (Lipinski definition) is 3. The van der Waals surface area contributed by atoms with Gasteiger partial charge in [-0.3, -0.25) is 4.79 Å². The highest BCUT2D eigenvalue weighted by atomic mass is 16.4. The molecule has 1 aromatic rings. The number of aliphatic carboxylic acids is 1. The van der Waals surface area contributed by atoms with Crippen molar-refractivity contribution in [1.82, 2.24) is 5.32 Å². The third-order valence-corrected chi connectivity index (χ3v) is 3.13. The first kappa shape index (κ1) is 17.2. The lowest BCUT2D eigenvalue weighted by atomic mass is 10.0. The van der Waals surface area contributed by atoms with E-state index in [1.807, 2.05) is 45.0 Å². The molecule has 0 saturated heterocycles. The maximum Gasteiger partial charge on any atom is 0.326 e. The molecule has 0 aliphatic heterocycles. The van der Waals surface area contributed by atoms with Crippen LogP contribution in [0.5, 0.6) is 0 Å². The third-order valence-electron chi connectivity index (χ3n) is 3.13. The molecule has 1 aromatic carbocycles. The molecule has 1 amide bonds. The summed E-state index contributed by atoms with van der Waals surface area (Å²) in [5.41, 5.74) is 1.86. The lowest BCUT2D eigenvalue weighted by Crippen LogP contribution is -2.46. The van der Waals surface area contributed by atoms with E-state index >= 15 is 0 Å². The number of amides is 1. The topological polar surface area (TPSA) is 86.6 Å². The Morgan fingerprint density at radius 2 is 1.95 bits per heavy atom. The Bertz CT molecular complexity index is 499. The van der Waals surface area contributed by atoms with Crippen molar-refractivity contribution >= 4 is 11.9 Å². The fourth-order valence-electron chi connectivity index (χ4n) is 2.10. The van der Waals surface area contributed by atoms with Crippen LogP contribution in [-0.4, -0.2) is 34.2 Å². The van der Waals surface area contributed by atoms with Crippen LogP contribution in [0.1, 0.15) is 31.4 Å². The van der Waals surface area contributed by atoms with Crippen molar-refractivity contribution in [2.75, 3.05) is 0 Å². The van der Waals surface area contributed by atoms with Gasteiger partial charge in [-0.2, -0.15) is 0 Å². The number of rotatable bonds is 7. The molecule has 0 fully saturated rings. The van der Waals surface area contributed by atoms with Gasteiger partial charge in [0.25, 0.3) is 0 Å². The van der Waals surface area contributed by atoms with Gasteiger partial charge in [-0.05, 0) is 24.8 Å². The van der Waals surface area contributed by atoms with Crippen molar-refractivity contribution in [3.8, 4) is 0 Å².